The summed E-state index contributed by atoms with van der Waals surface area (Å²) in [5.74, 6) is 1.69. The summed E-state index contributed by atoms with van der Waals surface area (Å²) in [7, 11) is 3.04. The first kappa shape index (κ1) is 15.0. The molecule has 2 aromatic carbocycles. The van der Waals surface area contributed by atoms with Crippen molar-refractivity contribution in [2.45, 2.75) is 0 Å². The van der Waals surface area contributed by atoms with Gasteiger partial charge in [0.1, 0.15) is 23.5 Å². The molecule has 25 heavy (non-hydrogen) atoms. The van der Waals surface area contributed by atoms with Crippen LogP contribution in [0, 0.1) is 10.1 Å². The lowest BCUT2D eigenvalue weighted by atomic mass is 10.0. The molecule has 1 aliphatic rings. The Labute approximate surface area is 141 Å². The van der Waals surface area contributed by atoms with Gasteiger partial charge in [0.25, 0.3) is 5.69 Å². The van der Waals surface area contributed by atoms with E-state index in [0.717, 1.165) is 0 Å². The smallest absolute Gasteiger partial charge is 0.273 e. The average molecular weight is 340 g/mol. The monoisotopic (exact) mass is 340 g/mol. The third-order valence-corrected chi connectivity index (χ3v) is 3.99. The van der Waals surface area contributed by atoms with Crippen molar-refractivity contribution in [2.75, 3.05) is 14.2 Å². The van der Waals surface area contributed by atoms with Crippen LogP contribution in [0.5, 0.6) is 23.0 Å². The highest BCUT2D eigenvalue weighted by molar-refractivity contribution is 5.90. The molecule has 0 radical (unpaired) electrons. The molecule has 2 heterocycles. The zero-order chi connectivity index (χ0) is 17.6. The van der Waals surface area contributed by atoms with Crippen molar-refractivity contribution in [1.82, 2.24) is 5.16 Å². The van der Waals surface area contributed by atoms with E-state index >= 15 is 0 Å². The largest absolute Gasteiger partial charge is 0.497 e. The molecule has 0 saturated heterocycles. The number of ether oxygens (including phenoxy) is 3. The van der Waals surface area contributed by atoms with Crippen LogP contribution >= 0.6 is 0 Å². The normalized spacial score (nSPS) is 11.4. The van der Waals surface area contributed by atoms with E-state index < -0.39 is 4.92 Å². The predicted octanol–water partition coefficient (Wildman–Crippen LogP) is 4.04. The van der Waals surface area contributed by atoms with Crippen LogP contribution in [0.3, 0.4) is 0 Å². The number of hydrogen-bond donors (Lipinski definition) is 0. The third-order valence-electron chi connectivity index (χ3n) is 3.99. The van der Waals surface area contributed by atoms with Gasteiger partial charge in [-0.1, -0.05) is 5.16 Å². The highest BCUT2D eigenvalue weighted by atomic mass is 16.6. The quantitative estimate of drug-likeness (QED) is 0.410. The topological polar surface area (TPSA) is 96.9 Å². The second-order valence-corrected chi connectivity index (χ2v) is 5.32. The van der Waals surface area contributed by atoms with Gasteiger partial charge in [-0.3, -0.25) is 10.1 Å². The molecule has 4 rings (SSSR count). The fourth-order valence-corrected chi connectivity index (χ4v) is 2.79. The van der Waals surface area contributed by atoms with Gasteiger partial charge in [-0.2, -0.15) is 0 Å². The molecule has 1 aliphatic heterocycles. The van der Waals surface area contributed by atoms with Crippen LogP contribution in [0.2, 0.25) is 0 Å². The summed E-state index contributed by atoms with van der Waals surface area (Å²) >= 11 is 0. The molecular formula is C17H12N2O6. The van der Waals surface area contributed by atoms with Crippen molar-refractivity contribution < 1.29 is 23.7 Å². The number of nitro benzene ring substituents is 1. The van der Waals surface area contributed by atoms with Crippen molar-refractivity contribution in [3.05, 3.63) is 46.7 Å². The van der Waals surface area contributed by atoms with Gasteiger partial charge in [-0.25, -0.2) is 0 Å². The zero-order valence-corrected chi connectivity index (χ0v) is 13.3. The molecule has 3 aromatic rings. The number of nitrogens with zero attached hydrogens (tertiary/aromatic N) is 2. The van der Waals surface area contributed by atoms with E-state index in [1.54, 1.807) is 25.3 Å². The van der Waals surface area contributed by atoms with Gasteiger partial charge in [0, 0.05) is 17.7 Å². The summed E-state index contributed by atoms with van der Waals surface area (Å²) in [6, 6.07) is 7.80. The van der Waals surface area contributed by atoms with Crippen molar-refractivity contribution in [1.29, 1.82) is 0 Å². The SMILES string of the molecule is COc1cc(OC)c2c(c1)-c1nocc1-c1ccc([N+](=O)[O-])cc1O2. The van der Waals surface area contributed by atoms with Crippen LogP contribution < -0.4 is 14.2 Å². The average Bonchev–Trinajstić information content (AvgIpc) is 3.06. The molecule has 0 aliphatic carbocycles. The number of non-ortho nitro benzene ring substituents is 1. The second kappa shape index (κ2) is 5.52. The molecule has 126 valence electrons. The first-order valence-corrected chi connectivity index (χ1v) is 7.30. The van der Waals surface area contributed by atoms with Gasteiger partial charge in [-0.05, 0) is 12.1 Å². The Morgan fingerprint density at radius 3 is 2.64 bits per heavy atom. The Morgan fingerprint density at radius 2 is 1.92 bits per heavy atom. The van der Waals surface area contributed by atoms with Crippen LogP contribution in [0.15, 0.2) is 41.1 Å². The maximum atomic E-state index is 11.1. The summed E-state index contributed by atoms with van der Waals surface area (Å²) in [6.07, 6.45) is 1.48. The molecule has 0 unspecified atom stereocenters. The first-order chi connectivity index (χ1) is 12.1. The summed E-state index contributed by atoms with van der Waals surface area (Å²) in [4.78, 5) is 10.6. The summed E-state index contributed by atoms with van der Waals surface area (Å²) in [5.41, 5.74) is 2.38. The molecule has 0 fully saturated rings. The Kier molecular flexibility index (Phi) is 3.31. The Hall–Kier alpha value is -3.55. The Morgan fingerprint density at radius 1 is 1.08 bits per heavy atom. The first-order valence-electron chi connectivity index (χ1n) is 7.30. The van der Waals surface area contributed by atoms with Crippen LogP contribution in [-0.2, 0) is 0 Å². The lowest BCUT2D eigenvalue weighted by molar-refractivity contribution is -0.384. The number of rotatable bonds is 3. The second-order valence-electron chi connectivity index (χ2n) is 5.32. The van der Waals surface area contributed by atoms with E-state index in [1.165, 1.54) is 25.5 Å². The maximum absolute atomic E-state index is 11.1. The van der Waals surface area contributed by atoms with Gasteiger partial charge in [0.05, 0.1) is 36.3 Å². The number of nitro groups is 1. The van der Waals surface area contributed by atoms with Gasteiger partial charge in [0.2, 0.25) is 0 Å². The lowest BCUT2D eigenvalue weighted by Gasteiger charge is -2.14. The number of hydrogen-bond acceptors (Lipinski definition) is 7. The molecule has 0 N–H and O–H groups in total. The van der Waals surface area contributed by atoms with Crippen LogP contribution in [0.4, 0.5) is 5.69 Å². The van der Waals surface area contributed by atoms with E-state index in [0.29, 0.717) is 45.4 Å². The third kappa shape index (κ3) is 2.26. The van der Waals surface area contributed by atoms with Crippen LogP contribution in [-0.4, -0.2) is 24.3 Å². The van der Waals surface area contributed by atoms with Gasteiger partial charge >= 0.3 is 0 Å². The standard InChI is InChI=1S/C17H12N2O6/c1-22-10-6-12-16-13(8-24-18-16)11-4-3-9(19(20)21)5-14(11)25-17(12)15(7-10)23-2/h3-8H,1-2H3. The van der Waals surface area contributed by atoms with E-state index in [2.05, 4.69) is 5.16 Å². The number of fused-ring (bicyclic) bond motifs is 5. The Bertz CT molecular complexity index is 995. The molecular weight excluding hydrogens is 328 g/mol. The van der Waals surface area contributed by atoms with Gasteiger partial charge in [0.15, 0.2) is 11.5 Å². The highest BCUT2D eigenvalue weighted by Crippen LogP contribution is 2.51. The molecule has 1 aromatic heterocycles. The number of methoxy groups -OCH3 is 2. The molecule has 0 saturated carbocycles. The summed E-state index contributed by atoms with van der Waals surface area (Å²) < 4.78 is 21.8. The molecule has 0 amide bonds. The number of aromatic nitrogens is 1. The zero-order valence-electron chi connectivity index (χ0n) is 13.3. The fraction of sp³-hybridized carbons (Fsp3) is 0.118. The molecule has 0 bridgehead atoms. The number of benzene rings is 2. The molecule has 8 heteroatoms. The maximum Gasteiger partial charge on any atom is 0.273 e. The molecule has 8 nitrogen and oxygen atoms in total. The van der Waals surface area contributed by atoms with E-state index in [1.807, 2.05) is 0 Å². The van der Waals surface area contributed by atoms with Crippen LogP contribution in [0.25, 0.3) is 22.4 Å². The fourth-order valence-electron chi connectivity index (χ4n) is 2.79. The minimum Gasteiger partial charge on any atom is -0.497 e. The van der Waals surface area contributed by atoms with Gasteiger partial charge in [-0.15, -0.1) is 0 Å². The summed E-state index contributed by atoms with van der Waals surface area (Å²) in [6.45, 7) is 0. The van der Waals surface area contributed by atoms with E-state index in [9.17, 15) is 10.1 Å². The lowest BCUT2D eigenvalue weighted by Crippen LogP contribution is -1.95. The predicted molar refractivity (Wildman–Crippen MR) is 87.2 cm³/mol. The van der Waals surface area contributed by atoms with Gasteiger partial charge < -0.3 is 18.7 Å². The minimum atomic E-state index is -0.477. The molecule has 0 atom stereocenters. The minimum absolute atomic E-state index is 0.0762. The van der Waals surface area contributed by atoms with Crippen molar-refractivity contribution in [2.24, 2.45) is 0 Å². The Balaban J connectivity index is 2.03. The van der Waals surface area contributed by atoms with Crippen molar-refractivity contribution >= 4 is 5.69 Å². The van der Waals surface area contributed by atoms with Crippen molar-refractivity contribution in [3.63, 3.8) is 0 Å². The van der Waals surface area contributed by atoms with E-state index in [4.69, 9.17) is 18.7 Å². The van der Waals surface area contributed by atoms with E-state index in [-0.39, 0.29) is 5.69 Å². The van der Waals surface area contributed by atoms with Crippen LogP contribution in [0.1, 0.15) is 0 Å². The highest BCUT2D eigenvalue weighted by Gasteiger charge is 2.28. The summed E-state index contributed by atoms with van der Waals surface area (Å²) in [5, 5.41) is 15.2. The van der Waals surface area contributed by atoms with Crippen molar-refractivity contribution in [3.8, 4) is 45.4 Å². The molecule has 0 spiro atoms.